The summed E-state index contributed by atoms with van der Waals surface area (Å²) in [6, 6.07) is 16.2. The molecule has 1 aromatic heterocycles. The number of rotatable bonds is 6. The molecular formula is C23H26N4O4S. The summed E-state index contributed by atoms with van der Waals surface area (Å²) in [6.45, 7) is 3.77. The van der Waals surface area contributed by atoms with Crippen molar-refractivity contribution in [2.24, 2.45) is 0 Å². The van der Waals surface area contributed by atoms with Gasteiger partial charge in [-0.3, -0.25) is 4.79 Å². The molecule has 2 aromatic carbocycles. The zero-order valence-corrected chi connectivity index (χ0v) is 18.9. The van der Waals surface area contributed by atoms with Gasteiger partial charge in [-0.25, -0.2) is 13.5 Å². The molecule has 1 N–H and O–H groups in total. The summed E-state index contributed by atoms with van der Waals surface area (Å²) in [7, 11) is -1.96. The molecule has 9 heteroatoms. The third-order valence-electron chi connectivity index (χ3n) is 5.63. The maximum atomic E-state index is 13.1. The highest BCUT2D eigenvalue weighted by Crippen LogP contribution is 2.29. The average molecular weight is 455 g/mol. The van der Waals surface area contributed by atoms with Crippen LogP contribution in [0.3, 0.4) is 0 Å². The lowest BCUT2D eigenvalue weighted by molar-refractivity contribution is 0.378. The molecular weight excluding hydrogens is 428 g/mol. The van der Waals surface area contributed by atoms with E-state index in [4.69, 9.17) is 4.74 Å². The molecule has 32 heavy (non-hydrogen) atoms. The van der Waals surface area contributed by atoms with Crippen molar-refractivity contribution in [3.05, 3.63) is 81.8 Å². The Morgan fingerprint density at radius 3 is 2.41 bits per heavy atom. The highest BCUT2D eigenvalue weighted by molar-refractivity contribution is 7.89. The minimum Gasteiger partial charge on any atom is -0.495 e. The Hall–Kier alpha value is -3.17. The van der Waals surface area contributed by atoms with Gasteiger partial charge >= 0.3 is 0 Å². The molecule has 4 rings (SSSR count). The number of para-hydroxylation sites is 2. The quantitative estimate of drug-likeness (QED) is 0.614. The molecule has 1 aliphatic rings. The Labute approximate surface area is 187 Å². The lowest BCUT2D eigenvalue weighted by Gasteiger charge is -2.35. The molecule has 1 saturated heterocycles. The molecule has 0 spiro atoms. The van der Waals surface area contributed by atoms with E-state index in [1.807, 2.05) is 31.2 Å². The first-order chi connectivity index (χ1) is 15.4. The van der Waals surface area contributed by atoms with Crippen LogP contribution in [-0.4, -0.2) is 56.2 Å². The lowest BCUT2D eigenvalue weighted by Crippen LogP contribution is -2.48. The number of anilines is 1. The van der Waals surface area contributed by atoms with Crippen molar-refractivity contribution in [2.75, 3.05) is 38.2 Å². The number of hydrogen-bond acceptors (Lipinski definition) is 6. The zero-order valence-electron chi connectivity index (χ0n) is 18.1. The number of aromatic nitrogens is 2. The predicted molar refractivity (Wildman–Crippen MR) is 123 cm³/mol. The van der Waals surface area contributed by atoms with Gasteiger partial charge in [-0.1, -0.05) is 24.3 Å². The van der Waals surface area contributed by atoms with Gasteiger partial charge in [-0.2, -0.15) is 9.40 Å². The van der Waals surface area contributed by atoms with Crippen molar-refractivity contribution in [1.82, 2.24) is 14.5 Å². The van der Waals surface area contributed by atoms with Gasteiger partial charge in [0.25, 0.3) is 5.56 Å². The van der Waals surface area contributed by atoms with E-state index in [0.29, 0.717) is 38.2 Å². The highest BCUT2D eigenvalue weighted by atomic mass is 32.2. The van der Waals surface area contributed by atoms with Crippen molar-refractivity contribution in [3.8, 4) is 5.75 Å². The predicted octanol–water partition coefficient (Wildman–Crippen LogP) is 2.19. The fourth-order valence-electron chi connectivity index (χ4n) is 3.90. The molecule has 0 bridgehead atoms. The van der Waals surface area contributed by atoms with E-state index in [1.54, 1.807) is 37.4 Å². The number of sulfonamides is 1. The largest absolute Gasteiger partial charge is 0.495 e. The number of benzene rings is 2. The maximum absolute atomic E-state index is 13.1. The van der Waals surface area contributed by atoms with Crippen molar-refractivity contribution in [2.45, 2.75) is 18.2 Å². The van der Waals surface area contributed by atoms with E-state index in [1.165, 1.54) is 4.31 Å². The van der Waals surface area contributed by atoms with E-state index in [2.05, 4.69) is 15.1 Å². The summed E-state index contributed by atoms with van der Waals surface area (Å²) in [6.07, 6.45) is 0.413. The number of hydrogen-bond donors (Lipinski definition) is 1. The van der Waals surface area contributed by atoms with E-state index in [-0.39, 0.29) is 10.5 Å². The third-order valence-corrected chi connectivity index (χ3v) is 7.54. The summed E-state index contributed by atoms with van der Waals surface area (Å²) < 4.78 is 33.2. The van der Waals surface area contributed by atoms with Gasteiger partial charge in [0.15, 0.2) is 0 Å². The Morgan fingerprint density at radius 2 is 1.72 bits per heavy atom. The van der Waals surface area contributed by atoms with Crippen molar-refractivity contribution < 1.29 is 13.2 Å². The molecule has 0 amide bonds. The number of aromatic amines is 1. The number of piperazine rings is 1. The van der Waals surface area contributed by atoms with Gasteiger partial charge in [0.05, 0.1) is 23.4 Å². The lowest BCUT2D eigenvalue weighted by atomic mass is 10.1. The first-order valence-corrected chi connectivity index (χ1v) is 11.8. The van der Waals surface area contributed by atoms with E-state index < -0.39 is 10.0 Å². The normalized spacial score (nSPS) is 15.0. The summed E-state index contributed by atoms with van der Waals surface area (Å²) in [4.78, 5) is 14.3. The number of ether oxygens (including phenoxy) is 1. The Bertz CT molecular complexity index is 1250. The van der Waals surface area contributed by atoms with Gasteiger partial charge in [0.2, 0.25) is 10.0 Å². The van der Waals surface area contributed by atoms with Gasteiger partial charge in [0, 0.05) is 38.2 Å². The Balaban J connectivity index is 1.45. The number of nitrogens with one attached hydrogen (secondary N) is 1. The number of methoxy groups -OCH3 is 1. The SMILES string of the molecule is COc1ccccc1N1CCN(S(=O)(=O)c2ccc(Cc3cc(C)n[nH]c3=O)cc2)CC1. The second-order valence-electron chi connectivity index (χ2n) is 7.75. The monoisotopic (exact) mass is 454 g/mol. The van der Waals surface area contributed by atoms with Crippen LogP contribution in [0.4, 0.5) is 5.69 Å². The minimum atomic E-state index is -3.59. The third kappa shape index (κ3) is 4.53. The first kappa shape index (κ1) is 22.0. The Morgan fingerprint density at radius 1 is 1.03 bits per heavy atom. The number of H-pyrrole nitrogens is 1. The number of aryl methyl sites for hydroxylation is 1. The fraction of sp³-hybridized carbons (Fsp3) is 0.304. The summed E-state index contributed by atoms with van der Waals surface area (Å²) >= 11 is 0. The molecule has 1 fully saturated rings. The Kier molecular flexibility index (Phi) is 6.29. The summed E-state index contributed by atoms with van der Waals surface area (Å²) in [5.74, 6) is 0.780. The van der Waals surface area contributed by atoms with Crippen molar-refractivity contribution in [1.29, 1.82) is 0 Å². The van der Waals surface area contributed by atoms with Crippen LogP contribution in [0.25, 0.3) is 0 Å². The second kappa shape index (κ2) is 9.13. The van der Waals surface area contributed by atoms with Crippen LogP contribution in [-0.2, 0) is 16.4 Å². The molecule has 1 aliphatic heterocycles. The molecule has 0 saturated carbocycles. The number of nitrogens with zero attached hydrogens (tertiary/aromatic N) is 3. The molecule has 168 valence electrons. The topological polar surface area (TPSA) is 95.6 Å². The van der Waals surface area contributed by atoms with Gasteiger partial charge in [-0.05, 0) is 42.8 Å². The molecule has 0 aliphatic carbocycles. The van der Waals surface area contributed by atoms with Crippen LogP contribution in [0.5, 0.6) is 5.75 Å². The zero-order chi connectivity index (χ0) is 22.7. The molecule has 0 unspecified atom stereocenters. The molecule has 0 atom stereocenters. The highest BCUT2D eigenvalue weighted by Gasteiger charge is 2.29. The smallest absolute Gasteiger partial charge is 0.267 e. The summed E-state index contributed by atoms with van der Waals surface area (Å²) in [5, 5.41) is 6.35. The standard InChI is InChI=1S/C23H26N4O4S/c1-17-15-19(23(28)25-24-17)16-18-7-9-20(10-8-18)32(29,30)27-13-11-26(12-14-27)21-5-3-4-6-22(21)31-2/h3-10,15H,11-14,16H2,1-2H3,(H,25,28). The minimum absolute atomic E-state index is 0.236. The van der Waals surface area contributed by atoms with E-state index >= 15 is 0 Å². The first-order valence-electron chi connectivity index (χ1n) is 10.4. The van der Waals surface area contributed by atoms with E-state index in [9.17, 15) is 13.2 Å². The fourth-order valence-corrected chi connectivity index (χ4v) is 5.32. The second-order valence-corrected chi connectivity index (χ2v) is 9.69. The molecule has 0 radical (unpaired) electrons. The van der Waals surface area contributed by atoms with Crippen molar-refractivity contribution in [3.63, 3.8) is 0 Å². The van der Waals surface area contributed by atoms with Crippen LogP contribution in [0.1, 0.15) is 16.8 Å². The summed E-state index contributed by atoms with van der Waals surface area (Å²) in [5.41, 5.74) is 2.92. The maximum Gasteiger partial charge on any atom is 0.267 e. The van der Waals surface area contributed by atoms with Gasteiger partial charge in [-0.15, -0.1) is 0 Å². The van der Waals surface area contributed by atoms with Crippen LogP contribution in [0.15, 0.2) is 64.3 Å². The van der Waals surface area contributed by atoms with Crippen LogP contribution >= 0.6 is 0 Å². The van der Waals surface area contributed by atoms with Crippen LogP contribution in [0.2, 0.25) is 0 Å². The van der Waals surface area contributed by atoms with Crippen LogP contribution < -0.4 is 15.2 Å². The van der Waals surface area contributed by atoms with Crippen LogP contribution in [0, 0.1) is 6.92 Å². The molecule has 2 heterocycles. The molecule has 3 aromatic rings. The van der Waals surface area contributed by atoms with Gasteiger partial charge in [0.1, 0.15) is 5.75 Å². The van der Waals surface area contributed by atoms with E-state index in [0.717, 1.165) is 22.7 Å². The average Bonchev–Trinajstić information content (AvgIpc) is 2.82. The van der Waals surface area contributed by atoms with Gasteiger partial charge < -0.3 is 9.64 Å². The van der Waals surface area contributed by atoms with Crippen molar-refractivity contribution >= 4 is 15.7 Å². The molecule has 8 nitrogen and oxygen atoms in total.